The molecule has 6 nitrogen and oxygen atoms in total. The van der Waals surface area contributed by atoms with Crippen LogP contribution >= 0.6 is 11.6 Å². The summed E-state index contributed by atoms with van der Waals surface area (Å²) in [6.45, 7) is 1.78. The van der Waals surface area contributed by atoms with E-state index in [1.807, 2.05) is 0 Å². The van der Waals surface area contributed by atoms with Gasteiger partial charge in [0, 0.05) is 23.4 Å². The molecular weight excluding hydrogens is 294 g/mol. The molecule has 0 heterocycles. The van der Waals surface area contributed by atoms with Crippen LogP contribution in [-0.2, 0) is 0 Å². The van der Waals surface area contributed by atoms with E-state index >= 15 is 0 Å². The molecule has 0 bridgehead atoms. The fourth-order valence-electron chi connectivity index (χ4n) is 1.73. The van der Waals surface area contributed by atoms with E-state index in [1.54, 1.807) is 25.1 Å². The maximum absolute atomic E-state index is 12.1. The number of hydrogen-bond donors (Lipinski definition) is 2. The molecule has 2 aromatic rings. The van der Waals surface area contributed by atoms with Crippen LogP contribution in [0.1, 0.15) is 15.9 Å². The van der Waals surface area contributed by atoms with Gasteiger partial charge >= 0.3 is 0 Å². The van der Waals surface area contributed by atoms with Crippen LogP contribution in [-0.4, -0.2) is 10.8 Å². The average molecular weight is 306 g/mol. The number of carbonyl (C=O) groups excluding carboxylic acids is 1. The lowest BCUT2D eigenvalue weighted by atomic mass is 10.1. The lowest BCUT2D eigenvalue weighted by Crippen LogP contribution is -2.13. The van der Waals surface area contributed by atoms with Crippen molar-refractivity contribution in [3.8, 4) is 0 Å². The van der Waals surface area contributed by atoms with Crippen LogP contribution in [0.2, 0.25) is 5.02 Å². The molecule has 0 atom stereocenters. The maximum atomic E-state index is 12.1. The van der Waals surface area contributed by atoms with E-state index in [1.165, 1.54) is 18.2 Å². The summed E-state index contributed by atoms with van der Waals surface area (Å²) in [5.41, 5.74) is 7.47. The van der Waals surface area contributed by atoms with Crippen LogP contribution in [0.4, 0.5) is 17.1 Å². The van der Waals surface area contributed by atoms with Crippen molar-refractivity contribution in [3.05, 3.63) is 62.7 Å². The molecule has 0 unspecified atom stereocenters. The Labute approximate surface area is 125 Å². The molecule has 108 valence electrons. The number of nitrogens with one attached hydrogen (secondary N) is 1. The summed E-state index contributed by atoms with van der Waals surface area (Å²) in [4.78, 5) is 22.3. The molecule has 2 aromatic carbocycles. The van der Waals surface area contributed by atoms with Gasteiger partial charge in [0.1, 0.15) is 0 Å². The third-order valence-corrected chi connectivity index (χ3v) is 3.27. The molecule has 0 saturated heterocycles. The molecule has 3 N–H and O–H groups in total. The van der Waals surface area contributed by atoms with E-state index in [-0.39, 0.29) is 16.4 Å². The summed E-state index contributed by atoms with van der Waals surface area (Å²) >= 11 is 5.93. The molecule has 21 heavy (non-hydrogen) atoms. The van der Waals surface area contributed by atoms with E-state index in [4.69, 9.17) is 17.3 Å². The molecule has 0 aliphatic rings. The number of halogens is 1. The molecule has 0 radical (unpaired) electrons. The topological polar surface area (TPSA) is 98.3 Å². The fourth-order valence-corrected chi connectivity index (χ4v) is 1.90. The normalized spacial score (nSPS) is 10.2. The van der Waals surface area contributed by atoms with Gasteiger partial charge in [0.05, 0.1) is 15.6 Å². The summed E-state index contributed by atoms with van der Waals surface area (Å²) < 4.78 is 0. The number of nitrogens with two attached hydrogens (primary N) is 1. The SMILES string of the molecule is Cc1cc(C(=O)Nc2cc([N+](=O)[O-])ccc2Cl)ccc1N. The van der Waals surface area contributed by atoms with E-state index in [0.29, 0.717) is 11.3 Å². The summed E-state index contributed by atoms with van der Waals surface area (Å²) in [5, 5.41) is 13.5. The molecule has 0 spiro atoms. The first-order chi connectivity index (χ1) is 9.88. The largest absolute Gasteiger partial charge is 0.399 e. The second kappa shape index (κ2) is 5.80. The smallest absolute Gasteiger partial charge is 0.271 e. The lowest BCUT2D eigenvalue weighted by Gasteiger charge is -2.08. The van der Waals surface area contributed by atoms with Gasteiger partial charge in [-0.3, -0.25) is 14.9 Å². The van der Waals surface area contributed by atoms with Gasteiger partial charge in [-0.05, 0) is 36.8 Å². The lowest BCUT2D eigenvalue weighted by molar-refractivity contribution is -0.384. The summed E-state index contributed by atoms with van der Waals surface area (Å²) in [6, 6.07) is 8.68. The molecule has 0 aliphatic carbocycles. The van der Waals surface area contributed by atoms with Crippen molar-refractivity contribution in [1.29, 1.82) is 0 Å². The molecule has 0 aliphatic heterocycles. The number of nitro groups is 1. The number of anilines is 2. The second-order valence-electron chi connectivity index (χ2n) is 4.45. The van der Waals surface area contributed by atoms with Crippen LogP contribution in [0.5, 0.6) is 0 Å². The predicted molar refractivity (Wildman–Crippen MR) is 81.7 cm³/mol. The molecular formula is C14H12ClN3O3. The predicted octanol–water partition coefficient (Wildman–Crippen LogP) is 3.39. The first-order valence-corrected chi connectivity index (χ1v) is 6.37. The van der Waals surface area contributed by atoms with Gasteiger partial charge in [0.15, 0.2) is 0 Å². The number of amides is 1. The zero-order chi connectivity index (χ0) is 15.6. The van der Waals surface area contributed by atoms with E-state index in [9.17, 15) is 14.9 Å². The zero-order valence-corrected chi connectivity index (χ0v) is 11.8. The highest BCUT2D eigenvalue weighted by molar-refractivity contribution is 6.34. The van der Waals surface area contributed by atoms with Crippen LogP contribution < -0.4 is 11.1 Å². The Balaban J connectivity index is 2.28. The van der Waals surface area contributed by atoms with Gasteiger partial charge in [0.2, 0.25) is 0 Å². The molecule has 0 fully saturated rings. The maximum Gasteiger partial charge on any atom is 0.271 e. The first-order valence-electron chi connectivity index (χ1n) is 6.00. The highest BCUT2D eigenvalue weighted by atomic mass is 35.5. The van der Waals surface area contributed by atoms with Gasteiger partial charge in [-0.15, -0.1) is 0 Å². The van der Waals surface area contributed by atoms with Crippen LogP contribution in [0.25, 0.3) is 0 Å². The van der Waals surface area contributed by atoms with E-state index < -0.39 is 10.8 Å². The Morgan fingerprint density at radius 2 is 2.00 bits per heavy atom. The van der Waals surface area contributed by atoms with Crippen molar-refractivity contribution in [1.82, 2.24) is 0 Å². The van der Waals surface area contributed by atoms with Gasteiger partial charge in [-0.2, -0.15) is 0 Å². The minimum absolute atomic E-state index is 0.150. The number of nitrogen functional groups attached to an aromatic ring is 1. The van der Waals surface area contributed by atoms with E-state index in [0.717, 1.165) is 5.56 Å². The standard InChI is InChI=1S/C14H12ClN3O3/c1-8-6-9(2-5-12(8)16)14(19)17-13-7-10(18(20)21)3-4-11(13)15/h2-7H,16H2,1H3,(H,17,19). The monoisotopic (exact) mass is 305 g/mol. The highest BCUT2D eigenvalue weighted by Gasteiger charge is 2.13. The number of nitro benzene ring substituents is 1. The Kier molecular flexibility index (Phi) is 4.09. The first kappa shape index (κ1) is 14.8. The van der Waals surface area contributed by atoms with Crippen molar-refractivity contribution in [2.45, 2.75) is 6.92 Å². The third-order valence-electron chi connectivity index (χ3n) is 2.94. The number of non-ortho nitro benzene ring substituents is 1. The van der Waals surface area contributed by atoms with Gasteiger partial charge < -0.3 is 11.1 Å². The average Bonchev–Trinajstić information content (AvgIpc) is 2.43. The number of nitrogens with zero attached hydrogens (tertiary/aromatic N) is 1. The minimum atomic E-state index is -0.556. The Morgan fingerprint density at radius 3 is 2.62 bits per heavy atom. The van der Waals surface area contributed by atoms with Crippen molar-refractivity contribution in [3.63, 3.8) is 0 Å². The Bertz CT molecular complexity index is 731. The zero-order valence-electron chi connectivity index (χ0n) is 11.1. The minimum Gasteiger partial charge on any atom is -0.399 e. The second-order valence-corrected chi connectivity index (χ2v) is 4.85. The number of benzene rings is 2. The highest BCUT2D eigenvalue weighted by Crippen LogP contribution is 2.27. The van der Waals surface area contributed by atoms with Gasteiger partial charge in [-0.25, -0.2) is 0 Å². The molecule has 7 heteroatoms. The number of aryl methyl sites for hydroxylation is 1. The third kappa shape index (κ3) is 3.29. The fraction of sp³-hybridized carbons (Fsp3) is 0.0714. The Morgan fingerprint density at radius 1 is 1.29 bits per heavy atom. The van der Waals surface area contributed by atoms with Crippen molar-refractivity contribution >= 4 is 34.6 Å². The van der Waals surface area contributed by atoms with Crippen LogP contribution in [0, 0.1) is 17.0 Å². The molecule has 1 amide bonds. The quantitative estimate of drug-likeness (QED) is 0.516. The summed E-state index contributed by atoms with van der Waals surface area (Å²) in [6.07, 6.45) is 0. The van der Waals surface area contributed by atoms with Gasteiger partial charge in [0.25, 0.3) is 11.6 Å². The van der Waals surface area contributed by atoms with Crippen molar-refractivity contribution < 1.29 is 9.72 Å². The number of rotatable bonds is 3. The Hall–Kier alpha value is -2.60. The molecule has 2 rings (SSSR count). The number of carbonyl (C=O) groups is 1. The van der Waals surface area contributed by atoms with Gasteiger partial charge in [-0.1, -0.05) is 11.6 Å². The van der Waals surface area contributed by atoms with E-state index in [2.05, 4.69) is 5.32 Å². The van der Waals surface area contributed by atoms with Crippen molar-refractivity contribution in [2.75, 3.05) is 11.1 Å². The molecule has 0 saturated carbocycles. The van der Waals surface area contributed by atoms with Crippen LogP contribution in [0.3, 0.4) is 0 Å². The number of hydrogen-bond acceptors (Lipinski definition) is 4. The van der Waals surface area contributed by atoms with Crippen molar-refractivity contribution in [2.24, 2.45) is 0 Å². The summed E-state index contributed by atoms with van der Waals surface area (Å²) in [7, 11) is 0. The molecule has 0 aromatic heterocycles. The van der Waals surface area contributed by atoms with Crippen LogP contribution in [0.15, 0.2) is 36.4 Å². The summed E-state index contributed by atoms with van der Waals surface area (Å²) in [5.74, 6) is -0.416.